The molecule has 0 spiro atoms. The molecule has 1 aromatic rings. The lowest BCUT2D eigenvalue weighted by atomic mass is 10.2. The van der Waals surface area contributed by atoms with Crippen molar-refractivity contribution in [2.75, 3.05) is 6.54 Å². The molecule has 7 nitrogen and oxygen atoms in total. The van der Waals surface area contributed by atoms with Crippen molar-refractivity contribution in [2.24, 2.45) is 0 Å². The summed E-state index contributed by atoms with van der Waals surface area (Å²) in [4.78, 5) is 36.8. The highest BCUT2D eigenvalue weighted by Crippen LogP contribution is 2.16. The molecule has 124 valence electrons. The van der Waals surface area contributed by atoms with Gasteiger partial charge in [0.05, 0.1) is 6.54 Å². The average molecular weight is 320 g/mol. The van der Waals surface area contributed by atoms with Gasteiger partial charge in [0.2, 0.25) is 0 Å². The maximum Gasteiger partial charge on any atom is 0.419 e. The summed E-state index contributed by atoms with van der Waals surface area (Å²) in [5, 5.41) is 2.45. The highest BCUT2D eigenvalue weighted by atomic mass is 16.6. The Hall–Kier alpha value is -2.57. The number of carbonyl (C=O) groups excluding carboxylic acids is 3. The number of benzene rings is 1. The van der Waals surface area contributed by atoms with Crippen LogP contribution < -0.4 is 5.32 Å². The summed E-state index contributed by atoms with van der Waals surface area (Å²) >= 11 is 0. The van der Waals surface area contributed by atoms with Crippen molar-refractivity contribution in [1.82, 2.24) is 10.2 Å². The summed E-state index contributed by atoms with van der Waals surface area (Å²) < 4.78 is 10.3. The zero-order chi connectivity index (χ0) is 17.0. The van der Waals surface area contributed by atoms with E-state index in [1.807, 2.05) is 30.3 Å². The summed E-state index contributed by atoms with van der Waals surface area (Å²) in [5.74, 6) is -0.655. The van der Waals surface area contributed by atoms with Gasteiger partial charge in [0.1, 0.15) is 12.2 Å². The number of esters is 1. The van der Waals surface area contributed by atoms with Crippen LogP contribution in [0.1, 0.15) is 26.3 Å². The van der Waals surface area contributed by atoms with E-state index in [1.54, 1.807) is 20.8 Å². The SMILES string of the molecule is CC(C)(C)OC(=O)N1C(=O)NC[C@H]1C(=O)OCc1ccccc1. The van der Waals surface area contributed by atoms with Crippen molar-refractivity contribution in [2.45, 2.75) is 39.0 Å². The van der Waals surface area contributed by atoms with Gasteiger partial charge < -0.3 is 14.8 Å². The molecule has 1 fully saturated rings. The number of imide groups is 1. The third-order valence-corrected chi connectivity index (χ3v) is 3.06. The van der Waals surface area contributed by atoms with Gasteiger partial charge in [-0.2, -0.15) is 0 Å². The van der Waals surface area contributed by atoms with Crippen LogP contribution in [-0.2, 0) is 20.9 Å². The second-order valence-corrected chi connectivity index (χ2v) is 6.15. The highest BCUT2D eigenvalue weighted by Gasteiger charge is 2.43. The zero-order valence-electron chi connectivity index (χ0n) is 13.4. The Kier molecular flexibility index (Phi) is 4.88. The minimum absolute atomic E-state index is 0.00565. The molecule has 1 aromatic carbocycles. The first-order valence-electron chi connectivity index (χ1n) is 7.28. The molecule has 2 rings (SSSR count). The first-order chi connectivity index (χ1) is 10.8. The number of nitrogens with one attached hydrogen (secondary N) is 1. The van der Waals surface area contributed by atoms with E-state index in [0.29, 0.717) is 0 Å². The minimum atomic E-state index is -1.03. The number of ether oxygens (including phenoxy) is 2. The molecular formula is C16H20N2O5. The molecule has 0 bridgehead atoms. The zero-order valence-corrected chi connectivity index (χ0v) is 13.4. The Bertz CT molecular complexity index is 594. The van der Waals surface area contributed by atoms with Crippen LogP contribution in [0.4, 0.5) is 9.59 Å². The van der Waals surface area contributed by atoms with Gasteiger partial charge in [-0.25, -0.2) is 19.3 Å². The Morgan fingerprint density at radius 2 is 1.91 bits per heavy atom. The van der Waals surface area contributed by atoms with Gasteiger partial charge in [-0.1, -0.05) is 30.3 Å². The largest absolute Gasteiger partial charge is 0.459 e. The molecule has 0 saturated carbocycles. The van der Waals surface area contributed by atoms with Crippen molar-refractivity contribution in [3.05, 3.63) is 35.9 Å². The summed E-state index contributed by atoms with van der Waals surface area (Å²) in [5.41, 5.74) is 0.0558. The van der Waals surface area contributed by atoms with Gasteiger partial charge in [-0.15, -0.1) is 0 Å². The number of nitrogens with zero attached hydrogens (tertiary/aromatic N) is 1. The van der Waals surface area contributed by atoms with E-state index in [4.69, 9.17) is 9.47 Å². The van der Waals surface area contributed by atoms with Crippen LogP contribution >= 0.6 is 0 Å². The number of amides is 3. The summed E-state index contributed by atoms with van der Waals surface area (Å²) in [6.07, 6.45) is -0.867. The predicted molar refractivity (Wildman–Crippen MR) is 81.5 cm³/mol. The van der Waals surface area contributed by atoms with Crippen LogP contribution in [0.25, 0.3) is 0 Å². The molecule has 1 aliphatic heterocycles. The van der Waals surface area contributed by atoms with E-state index < -0.39 is 29.7 Å². The fourth-order valence-electron chi connectivity index (χ4n) is 2.04. The van der Waals surface area contributed by atoms with Crippen LogP contribution in [0.3, 0.4) is 0 Å². The lowest BCUT2D eigenvalue weighted by molar-refractivity contribution is -0.149. The second-order valence-electron chi connectivity index (χ2n) is 6.15. The van der Waals surface area contributed by atoms with Gasteiger partial charge in [-0.05, 0) is 26.3 Å². The highest BCUT2D eigenvalue weighted by molar-refractivity contribution is 5.98. The quantitative estimate of drug-likeness (QED) is 0.862. The molecule has 1 aliphatic rings. The number of carbonyl (C=O) groups is 3. The van der Waals surface area contributed by atoms with E-state index in [1.165, 1.54) is 0 Å². The van der Waals surface area contributed by atoms with Crippen molar-refractivity contribution in [3.8, 4) is 0 Å². The molecule has 23 heavy (non-hydrogen) atoms. The molecule has 0 aliphatic carbocycles. The van der Waals surface area contributed by atoms with Crippen LogP contribution in [0, 0.1) is 0 Å². The number of hydrogen-bond acceptors (Lipinski definition) is 5. The van der Waals surface area contributed by atoms with Crippen LogP contribution in [0.5, 0.6) is 0 Å². The van der Waals surface area contributed by atoms with E-state index in [0.717, 1.165) is 10.5 Å². The third-order valence-electron chi connectivity index (χ3n) is 3.06. The van der Waals surface area contributed by atoms with Gasteiger partial charge in [0.25, 0.3) is 0 Å². The average Bonchev–Trinajstić information content (AvgIpc) is 2.86. The van der Waals surface area contributed by atoms with E-state index in [9.17, 15) is 14.4 Å². The molecule has 7 heteroatoms. The van der Waals surface area contributed by atoms with Gasteiger partial charge in [0, 0.05) is 0 Å². The minimum Gasteiger partial charge on any atom is -0.459 e. The fourth-order valence-corrected chi connectivity index (χ4v) is 2.04. The number of hydrogen-bond donors (Lipinski definition) is 1. The molecular weight excluding hydrogens is 300 g/mol. The third kappa shape index (κ3) is 4.45. The lowest BCUT2D eigenvalue weighted by Crippen LogP contribution is -2.46. The molecule has 1 heterocycles. The fraction of sp³-hybridized carbons (Fsp3) is 0.438. The van der Waals surface area contributed by atoms with Gasteiger partial charge in [-0.3, -0.25) is 0 Å². The maximum absolute atomic E-state index is 12.2. The topological polar surface area (TPSA) is 84.9 Å². The van der Waals surface area contributed by atoms with Crippen LogP contribution in [0.2, 0.25) is 0 Å². The lowest BCUT2D eigenvalue weighted by Gasteiger charge is -2.25. The maximum atomic E-state index is 12.2. The van der Waals surface area contributed by atoms with Crippen LogP contribution in [0.15, 0.2) is 30.3 Å². The number of rotatable bonds is 3. The van der Waals surface area contributed by atoms with E-state index in [-0.39, 0.29) is 13.2 Å². The first-order valence-corrected chi connectivity index (χ1v) is 7.28. The summed E-state index contributed by atoms with van der Waals surface area (Å²) in [6, 6.07) is 7.46. The van der Waals surface area contributed by atoms with E-state index >= 15 is 0 Å². The first kappa shape index (κ1) is 16.8. The molecule has 0 unspecified atom stereocenters. The standard InChI is InChI=1S/C16H20N2O5/c1-16(2,3)23-15(21)18-12(9-17-14(18)20)13(19)22-10-11-7-5-4-6-8-11/h4-8,12H,9-10H2,1-3H3,(H,17,20)/t12-/m0/s1. The second kappa shape index (κ2) is 6.68. The molecule has 1 N–H and O–H groups in total. The van der Waals surface area contributed by atoms with Crippen molar-refractivity contribution >= 4 is 18.1 Å². The molecule has 1 saturated heterocycles. The molecule has 0 aromatic heterocycles. The van der Waals surface area contributed by atoms with Crippen molar-refractivity contribution in [3.63, 3.8) is 0 Å². The monoisotopic (exact) mass is 320 g/mol. The Morgan fingerprint density at radius 3 is 2.52 bits per heavy atom. The predicted octanol–water partition coefficient (Wildman–Crippen LogP) is 2.06. The Morgan fingerprint density at radius 1 is 1.26 bits per heavy atom. The molecule has 0 radical (unpaired) electrons. The smallest absolute Gasteiger partial charge is 0.419 e. The molecule has 1 atom stereocenters. The van der Waals surface area contributed by atoms with Crippen LogP contribution in [-0.4, -0.2) is 41.2 Å². The van der Waals surface area contributed by atoms with Crippen molar-refractivity contribution in [1.29, 1.82) is 0 Å². The van der Waals surface area contributed by atoms with Gasteiger partial charge >= 0.3 is 18.1 Å². The molecule has 3 amide bonds. The Labute approximate surface area is 134 Å². The Balaban J connectivity index is 2.00. The summed E-state index contributed by atoms with van der Waals surface area (Å²) in [7, 11) is 0. The number of urea groups is 1. The summed E-state index contributed by atoms with van der Waals surface area (Å²) in [6.45, 7) is 5.13. The van der Waals surface area contributed by atoms with Gasteiger partial charge in [0.15, 0.2) is 6.04 Å². The van der Waals surface area contributed by atoms with Crippen molar-refractivity contribution < 1.29 is 23.9 Å². The normalized spacial score (nSPS) is 17.6. The van der Waals surface area contributed by atoms with E-state index in [2.05, 4.69) is 5.32 Å².